The molecule has 0 radical (unpaired) electrons. The molecule has 3 atom stereocenters. The number of nitrogens with zero attached hydrogens (tertiary/aromatic N) is 1. The van der Waals surface area contributed by atoms with Crippen molar-refractivity contribution in [2.24, 2.45) is 0 Å². The van der Waals surface area contributed by atoms with Gasteiger partial charge in [0.25, 0.3) is 0 Å². The van der Waals surface area contributed by atoms with Crippen molar-refractivity contribution in [1.82, 2.24) is 5.32 Å². The Morgan fingerprint density at radius 1 is 0.432 bits per heavy atom. The van der Waals surface area contributed by atoms with Crippen LogP contribution in [0.25, 0.3) is 0 Å². The Bertz CT molecular complexity index is 1710. The van der Waals surface area contributed by atoms with Crippen molar-refractivity contribution in [1.29, 1.82) is 0 Å². The number of ether oxygens (including phenoxy) is 1. The second-order valence-electron chi connectivity index (χ2n) is 23.6. The molecule has 2 N–H and O–H groups in total. The average Bonchev–Trinajstić information content (AvgIpc) is 3.44. The predicted octanol–water partition coefficient (Wildman–Crippen LogP) is 21.1. The van der Waals surface area contributed by atoms with Crippen LogP contribution in [0.2, 0.25) is 0 Å². The number of phosphoric acid groups is 1. The summed E-state index contributed by atoms with van der Waals surface area (Å²) < 4.78 is 30.7. The molecule has 81 heavy (non-hydrogen) atoms. The van der Waals surface area contributed by atoms with Gasteiger partial charge in [-0.1, -0.05) is 260 Å². The molecule has 0 bridgehead atoms. The van der Waals surface area contributed by atoms with Crippen LogP contribution in [0.4, 0.5) is 0 Å². The summed E-state index contributed by atoms with van der Waals surface area (Å²) in [7, 11) is 1.47. The van der Waals surface area contributed by atoms with E-state index >= 15 is 0 Å². The molecular weight excluding hydrogens is 1020 g/mol. The second-order valence-corrected chi connectivity index (χ2v) is 25.1. The third-order valence-electron chi connectivity index (χ3n) is 14.5. The highest BCUT2D eigenvalue weighted by Gasteiger charge is 2.30. The molecule has 468 valence electrons. The SMILES string of the molecule is CCCCC/C=C\C/C=C\C/C=C\C/C=C\CCCCCCCC(=O)NC(COP(=O)(O)OCC[N+](C)(C)C)C(/C=C/CCCCCCCCCCC)OC(=O)CCCCCCCCCCCC/C=C\C/C=C\C/C=C\CCCCC. The lowest BCUT2D eigenvalue weighted by Crippen LogP contribution is -2.47. The first-order valence-corrected chi connectivity index (χ1v) is 35.1. The highest BCUT2D eigenvalue weighted by atomic mass is 31.2. The van der Waals surface area contributed by atoms with E-state index < -0.39 is 20.0 Å². The van der Waals surface area contributed by atoms with Crippen LogP contribution in [0.15, 0.2) is 97.2 Å². The number of unbranched alkanes of at least 4 members (excludes halogenated alkanes) is 30. The van der Waals surface area contributed by atoms with Gasteiger partial charge in [-0.2, -0.15) is 0 Å². The minimum Gasteiger partial charge on any atom is -0.456 e. The van der Waals surface area contributed by atoms with E-state index in [9.17, 15) is 19.0 Å². The number of phosphoric ester groups is 1. The van der Waals surface area contributed by atoms with Gasteiger partial charge in [-0.3, -0.25) is 18.6 Å². The van der Waals surface area contributed by atoms with Crippen LogP contribution in [0.5, 0.6) is 0 Å². The summed E-state index contributed by atoms with van der Waals surface area (Å²) in [5, 5.41) is 3.05. The molecule has 0 aliphatic heterocycles. The molecule has 0 aromatic carbocycles. The summed E-state index contributed by atoms with van der Waals surface area (Å²) in [6.45, 7) is 6.94. The van der Waals surface area contributed by atoms with Crippen molar-refractivity contribution in [3.05, 3.63) is 97.2 Å². The number of carbonyl (C=O) groups is 2. The van der Waals surface area contributed by atoms with E-state index in [-0.39, 0.29) is 31.5 Å². The third kappa shape index (κ3) is 61.3. The Morgan fingerprint density at radius 3 is 1.15 bits per heavy atom. The van der Waals surface area contributed by atoms with E-state index in [2.05, 4.69) is 111 Å². The lowest BCUT2D eigenvalue weighted by Gasteiger charge is -2.27. The van der Waals surface area contributed by atoms with Crippen LogP contribution in [0, 0.1) is 0 Å². The maximum absolute atomic E-state index is 13.6. The number of allylic oxidation sites excluding steroid dienone is 15. The molecule has 0 fully saturated rings. The van der Waals surface area contributed by atoms with Crippen molar-refractivity contribution in [3.63, 3.8) is 0 Å². The topological polar surface area (TPSA) is 111 Å². The molecule has 0 aliphatic carbocycles. The molecule has 1 amide bonds. The Labute approximate surface area is 500 Å². The minimum absolute atomic E-state index is 0.0314. The third-order valence-corrected chi connectivity index (χ3v) is 15.5. The van der Waals surface area contributed by atoms with Crippen molar-refractivity contribution in [2.45, 2.75) is 303 Å². The van der Waals surface area contributed by atoms with Crippen molar-refractivity contribution >= 4 is 19.7 Å². The molecule has 0 aromatic rings. The summed E-state index contributed by atoms with van der Waals surface area (Å²) in [5.41, 5.74) is 0. The van der Waals surface area contributed by atoms with Crippen LogP contribution < -0.4 is 5.32 Å². The number of rotatable bonds is 60. The smallest absolute Gasteiger partial charge is 0.456 e. The maximum atomic E-state index is 13.6. The van der Waals surface area contributed by atoms with Gasteiger partial charge in [0.2, 0.25) is 5.91 Å². The number of amides is 1. The summed E-state index contributed by atoms with van der Waals surface area (Å²) >= 11 is 0. The van der Waals surface area contributed by atoms with Gasteiger partial charge < -0.3 is 19.4 Å². The highest BCUT2D eigenvalue weighted by molar-refractivity contribution is 7.47. The molecule has 0 aromatic heterocycles. The Kier molecular flexibility index (Phi) is 57.8. The minimum atomic E-state index is -4.46. The van der Waals surface area contributed by atoms with Gasteiger partial charge in [0.1, 0.15) is 19.3 Å². The molecule has 0 rings (SSSR count). The molecule has 3 unspecified atom stereocenters. The summed E-state index contributed by atoms with van der Waals surface area (Å²) in [4.78, 5) is 37.8. The fourth-order valence-electron chi connectivity index (χ4n) is 9.28. The van der Waals surface area contributed by atoms with Crippen LogP contribution >= 0.6 is 7.82 Å². The molecule has 0 spiro atoms. The van der Waals surface area contributed by atoms with Crippen LogP contribution in [0.1, 0.15) is 290 Å². The molecule has 0 heterocycles. The zero-order valence-electron chi connectivity index (χ0n) is 53.5. The van der Waals surface area contributed by atoms with Gasteiger partial charge in [0.15, 0.2) is 0 Å². The van der Waals surface area contributed by atoms with Gasteiger partial charge in [0.05, 0.1) is 33.8 Å². The normalized spacial score (nSPS) is 14.2. The Hall–Kier alpha value is -3.07. The number of nitrogens with one attached hydrogen (secondary N) is 1. The van der Waals surface area contributed by atoms with Crippen LogP contribution in [-0.2, 0) is 27.9 Å². The average molecular weight is 1150 g/mol. The largest absolute Gasteiger partial charge is 0.472 e. The molecular formula is C71H128N2O7P+. The predicted molar refractivity (Wildman–Crippen MR) is 350 cm³/mol. The van der Waals surface area contributed by atoms with E-state index in [1.165, 1.54) is 148 Å². The van der Waals surface area contributed by atoms with E-state index in [1.54, 1.807) is 0 Å². The van der Waals surface area contributed by atoms with E-state index in [0.29, 0.717) is 17.4 Å². The first-order valence-electron chi connectivity index (χ1n) is 33.6. The van der Waals surface area contributed by atoms with Crippen molar-refractivity contribution in [3.8, 4) is 0 Å². The van der Waals surface area contributed by atoms with Gasteiger partial charge in [-0.15, -0.1) is 0 Å². The van der Waals surface area contributed by atoms with Gasteiger partial charge >= 0.3 is 13.8 Å². The van der Waals surface area contributed by atoms with Crippen molar-refractivity contribution in [2.75, 3.05) is 40.9 Å². The van der Waals surface area contributed by atoms with Crippen LogP contribution in [-0.4, -0.2) is 74.3 Å². The van der Waals surface area contributed by atoms with Gasteiger partial charge in [-0.05, 0) is 115 Å². The lowest BCUT2D eigenvalue weighted by molar-refractivity contribution is -0.870. The summed E-state index contributed by atoms with van der Waals surface area (Å²) in [6.07, 6.45) is 81.2. The van der Waals surface area contributed by atoms with Gasteiger partial charge in [0, 0.05) is 12.8 Å². The highest BCUT2D eigenvalue weighted by Crippen LogP contribution is 2.43. The zero-order chi connectivity index (χ0) is 59.3. The molecule has 9 nitrogen and oxygen atoms in total. The summed E-state index contributed by atoms with van der Waals surface area (Å²) in [6, 6.07) is -0.866. The number of hydrogen-bond donors (Lipinski definition) is 2. The van der Waals surface area contributed by atoms with E-state index in [0.717, 1.165) is 109 Å². The first-order chi connectivity index (χ1) is 39.4. The second kappa shape index (κ2) is 60.1. The first kappa shape index (κ1) is 77.9. The monoisotopic (exact) mass is 1150 g/mol. The number of esters is 1. The number of carbonyl (C=O) groups excluding carboxylic acids is 2. The Balaban J connectivity index is 5.17. The molecule has 0 saturated carbocycles. The zero-order valence-corrected chi connectivity index (χ0v) is 54.4. The van der Waals surface area contributed by atoms with E-state index in [1.807, 2.05) is 33.3 Å². The molecule has 0 aliphatic rings. The maximum Gasteiger partial charge on any atom is 0.472 e. The molecule has 10 heteroatoms. The fraction of sp³-hybridized carbons (Fsp3) is 0.746. The molecule has 0 saturated heterocycles. The number of quaternary nitrogens is 1. The lowest BCUT2D eigenvalue weighted by atomic mass is 10.0. The number of likely N-dealkylation sites (N-methyl/N-ethyl adjacent to an activating group) is 1. The summed E-state index contributed by atoms with van der Waals surface area (Å²) in [5.74, 6) is -0.531. The fourth-order valence-corrected chi connectivity index (χ4v) is 10.0. The van der Waals surface area contributed by atoms with Crippen LogP contribution in [0.3, 0.4) is 0 Å². The Morgan fingerprint density at radius 2 is 0.753 bits per heavy atom. The quantitative estimate of drug-likeness (QED) is 0.0205. The van der Waals surface area contributed by atoms with Crippen molar-refractivity contribution < 1.29 is 37.3 Å². The number of hydrogen-bond acceptors (Lipinski definition) is 6. The van der Waals surface area contributed by atoms with Gasteiger partial charge in [-0.25, -0.2) is 4.57 Å². The van der Waals surface area contributed by atoms with E-state index in [4.69, 9.17) is 13.8 Å². The standard InChI is InChI=1S/C71H127N2O7P/c1-7-10-13-16-19-22-25-27-29-31-33-35-36-38-40-42-44-46-49-52-55-58-61-64-71(75)80-69(62-59-56-53-50-47-24-21-18-15-12-9-3)68(67-79-81(76,77)78-66-65-73(4,5)6)72-70(74)63-60-57-54-51-48-45-43-41-39-37-34-32-30-28-26-23-20-17-14-11-8-2/h19-20,22-23,27-30,33-35,37,41,43,59,62,68-69H,7-18,21,24-26,31-32,36,38-40,42,44-58,60-61,63-67H2,1-6H3,(H-,72,74,76,77)/p+1/b22-19-,23-20-,29-27-,30-28-,35-33-,37-34-,43-41-,62-59+.